The molecule has 0 aliphatic heterocycles. The second kappa shape index (κ2) is 9.44. The van der Waals surface area contributed by atoms with Crippen molar-refractivity contribution in [3.8, 4) is 6.07 Å². The number of allylic oxidation sites excluding steroid dienone is 2. The number of hydrogen-bond acceptors (Lipinski definition) is 2. The Morgan fingerprint density at radius 2 is 2.08 bits per heavy atom. The van der Waals surface area contributed by atoms with Crippen LogP contribution in [0.4, 0.5) is 0 Å². The summed E-state index contributed by atoms with van der Waals surface area (Å²) in [6.45, 7) is 5.10. The molecule has 1 amide bonds. The van der Waals surface area contributed by atoms with E-state index in [1.807, 2.05) is 13.0 Å². The number of nitriles is 1. The van der Waals surface area contributed by atoms with Gasteiger partial charge in [-0.25, -0.2) is 0 Å². The maximum absolute atomic E-state index is 10.3. The van der Waals surface area contributed by atoms with Crippen molar-refractivity contribution in [2.45, 2.75) is 6.92 Å². The topological polar surface area (TPSA) is 44.1 Å². The van der Waals surface area contributed by atoms with Crippen LogP contribution >= 0.6 is 0 Å². The highest BCUT2D eigenvalue weighted by Gasteiger charge is 1.91. The Bertz CT molecular complexity index is 199. The van der Waals surface area contributed by atoms with E-state index in [9.17, 15) is 4.79 Å². The fraction of sp³-hybridized carbons (Fsp3) is 0.333. The molecule has 3 heteroatoms. The highest BCUT2D eigenvalue weighted by Crippen LogP contribution is 1.74. The van der Waals surface area contributed by atoms with Crippen molar-refractivity contribution in [3.05, 3.63) is 24.8 Å². The van der Waals surface area contributed by atoms with Gasteiger partial charge in [0.1, 0.15) is 0 Å². The number of carbonyl (C=O) groups excluding carboxylic acids is 1. The van der Waals surface area contributed by atoms with E-state index in [-0.39, 0.29) is 5.91 Å². The minimum absolute atomic E-state index is 0.0556. The first-order valence-corrected chi connectivity index (χ1v) is 3.44. The Morgan fingerprint density at radius 1 is 1.58 bits per heavy atom. The lowest BCUT2D eigenvalue weighted by atomic mass is 10.5. The van der Waals surface area contributed by atoms with Crippen LogP contribution in [0, 0.1) is 11.3 Å². The maximum Gasteiger partial charge on any atom is 0.245 e. The zero-order valence-corrected chi connectivity index (χ0v) is 7.74. The lowest BCUT2D eigenvalue weighted by molar-refractivity contribution is -0.123. The molecule has 0 heterocycles. The summed E-state index contributed by atoms with van der Waals surface area (Å²) < 4.78 is 0. The predicted molar refractivity (Wildman–Crippen MR) is 49.3 cm³/mol. The van der Waals surface area contributed by atoms with E-state index >= 15 is 0 Å². The van der Waals surface area contributed by atoms with Gasteiger partial charge in [-0.15, -0.1) is 0 Å². The zero-order valence-electron chi connectivity index (χ0n) is 7.74. The molecular weight excluding hydrogens is 152 g/mol. The first-order valence-electron chi connectivity index (χ1n) is 3.44. The fourth-order valence-electron chi connectivity index (χ4n) is 0.257. The van der Waals surface area contributed by atoms with Crippen LogP contribution in [-0.4, -0.2) is 24.9 Å². The Morgan fingerprint density at radius 3 is 2.08 bits per heavy atom. The number of nitrogens with zero attached hydrogens (tertiary/aromatic N) is 2. The van der Waals surface area contributed by atoms with Gasteiger partial charge in [-0.1, -0.05) is 12.7 Å². The molecule has 0 unspecified atom stereocenters. The third-order valence-corrected chi connectivity index (χ3v) is 0.857. The van der Waals surface area contributed by atoms with E-state index in [1.54, 1.807) is 20.2 Å². The Labute approximate surface area is 73.6 Å². The number of amides is 1. The van der Waals surface area contributed by atoms with E-state index in [0.717, 1.165) is 0 Å². The molecule has 0 aliphatic rings. The summed E-state index contributed by atoms with van der Waals surface area (Å²) >= 11 is 0. The quantitative estimate of drug-likeness (QED) is 0.436. The second-order valence-electron chi connectivity index (χ2n) is 2.07. The Balaban J connectivity index is 0. The summed E-state index contributed by atoms with van der Waals surface area (Å²) in [7, 11) is 3.37. The summed E-state index contributed by atoms with van der Waals surface area (Å²) in [5.74, 6) is -0.0556. The third kappa shape index (κ3) is 11.3. The van der Waals surface area contributed by atoms with E-state index < -0.39 is 0 Å². The van der Waals surface area contributed by atoms with Crippen molar-refractivity contribution < 1.29 is 4.79 Å². The lowest BCUT2D eigenvalue weighted by Gasteiger charge is -2.03. The van der Waals surface area contributed by atoms with Gasteiger partial charge in [0.15, 0.2) is 0 Å². The molecule has 0 radical (unpaired) electrons. The first-order chi connectivity index (χ1) is 5.59. The second-order valence-corrected chi connectivity index (χ2v) is 2.07. The van der Waals surface area contributed by atoms with Crippen molar-refractivity contribution in [1.82, 2.24) is 4.90 Å². The minimum atomic E-state index is -0.0556. The average molecular weight is 166 g/mol. The number of carbonyl (C=O) groups is 1. The molecule has 0 saturated carbocycles. The van der Waals surface area contributed by atoms with Crippen LogP contribution in [-0.2, 0) is 4.79 Å². The fourth-order valence-corrected chi connectivity index (χ4v) is 0.257. The van der Waals surface area contributed by atoms with E-state index in [1.165, 1.54) is 17.1 Å². The van der Waals surface area contributed by atoms with Crippen molar-refractivity contribution >= 4 is 5.91 Å². The van der Waals surface area contributed by atoms with Crippen LogP contribution in [0.3, 0.4) is 0 Å². The highest BCUT2D eigenvalue weighted by molar-refractivity contribution is 5.86. The number of hydrogen-bond donors (Lipinski definition) is 0. The first kappa shape index (κ1) is 13.1. The van der Waals surface area contributed by atoms with Gasteiger partial charge in [-0.3, -0.25) is 4.79 Å². The van der Waals surface area contributed by atoms with E-state index in [0.29, 0.717) is 0 Å². The predicted octanol–water partition coefficient (Wildman–Crippen LogP) is 1.35. The molecule has 0 N–H and O–H groups in total. The molecule has 0 saturated heterocycles. The summed E-state index contributed by atoms with van der Waals surface area (Å²) in [6, 6.07) is 1.84. The Hall–Kier alpha value is -1.56. The summed E-state index contributed by atoms with van der Waals surface area (Å²) in [4.78, 5) is 11.8. The maximum atomic E-state index is 10.3. The van der Waals surface area contributed by atoms with Gasteiger partial charge in [0, 0.05) is 20.2 Å². The standard InChI is InChI=1S/C5H9NO.C4H5N/c1-4-5(7)6(2)3;1-2-3-4-5/h4H,1H2,2-3H3;2-3H,1H3. The summed E-state index contributed by atoms with van der Waals surface area (Å²) in [6.07, 6.45) is 4.40. The molecule has 0 bridgehead atoms. The highest BCUT2D eigenvalue weighted by atomic mass is 16.2. The minimum Gasteiger partial charge on any atom is -0.345 e. The van der Waals surface area contributed by atoms with E-state index in [2.05, 4.69) is 6.58 Å². The van der Waals surface area contributed by atoms with Crippen LogP contribution in [0.25, 0.3) is 0 Å². The monoisotopic (exact) mass is 166 g/mol. The Kier molecular flexibility index (Phi) is 10.3. The third-order valence-electron chi connectivity index (χ3n) is 0.857. The van der Waals surface area contributed by atoms with Crippen molar-refractivity contribution in [3.63, 3.8) is 0 Å². The van der Waals surface area contributed by atoms with Gasteiger partial charge >= 0.3 is 0 Å². The molecule has 0 aromatic heterocycles. The molecule has 0 aliphatic carbocycles. The smallest absolute Gasteiger partial charge is 0.245 e. The van der Waals surface area contributed by atoms with E-state index in [4.69, 9.17) is 5.26 Å². The van der Waals surface area contributed by atoms with Gasteiger partial charge in [-0.2, -0.15) is 5.26 Å². The molecule has 0 atom stereocenters. The zero-order chi connectivity index (χ0) is 9.98. The summed E-state index contributed by atoms with van der Waals surface area (Å²) in [5, 5.41) is 7.73. The van der Waals surface area contributed by atoms with Crippen LogP contribution in [0.15, 0.2) is 24.8 Å². The summed E-state index contributed by atoms with van der Waals surface area (Å²) in [5.41, 5.74) is 0. The lowest BCUT2D eigenvalue weighted by Crippen LogP contribution is -2.18. The normalized spacial score (nSPS) is 7.83. The molecule has 0 fully saturated rings. The molecular formula is C9H14N2O. The number of likely N-dealkylation sites (N-methyl/N-ethyl adjacent to an activating group) is 1. The van der Waals surface area contributed by atoms with Gasteiger partial charge in [0.25, 0.3) is 0 Å². The molecule has 0 aromatic carbocycles. The molecule has 3 nitrogen and oxygen atoms in total. The van der Waals surface area contributed by atoms with Gasteiger partial charge < -0.3 is 4.90 Å². The molecule has 0 rings (SSSR count). The SMILES string of the molecule is C=CC(=O)N(C)C.CC=CC#N. The van der Waals surface area contributed by atoms with Crippen LogP contribution in [0.2, 0.25) is 0 Å². The van der Waals surface area contributed by atoms with Crippen LogP contribution in [0.1, 0.15) is 6.92 Å². The average Bonchev–Trinajstić information content (AvgIpc) is 2.05. The van der Waals surface area contributed by atoms with Gasteiger partial charge in [-0.05, 0) is 13.0 Å². The molecule has 66 valence electrons. The molecule has 0 spiro atoms. The van der Waals surface area contributed by atoms with Crippen LogP contribution in [0.5, 0.6) is 0 Å². The molecule has 12 heavy (non-hydrogen) atoms. The van der Waals surface area contributed by atoms with Crippen molar-refractivity contribution in [2.75, 3.05) is 14.1 Å². The van der Waals surface area contributed by atoms with Gasteiger partial charge in [0.05, 0.1) is 6.07 Å². The van der Waals surface area contributed by atoms with Crippen LogP contribution < -0.4 is 0 Å². The van der Waals surface area contributed by atoms with Crippen molar-refractivity contribution in [2.24, 2.45) is 0 Å². The largest absolute Gasteiger partial charge is 0.345 e. The van der Waals surface area contributed by atoms with Crippen molar-refractivity contribution in [1.29, 1.82) is 5.26 Å². The number of rotatable bonds is 1. The van der Waals surface area contributed by atoms with Gasteiger partial charge in [0.2, 0.25) is 5.91 Å². The molecule has 0 aromatic rings.